The number of nitrogens with zero attached hydrogens (tertiary/aromatic N) is 1. The van der Waals surface area contributed by atoms with Crippen LogP contribution in [0, 0.1) is 5.92 Å². The molecule has 3 atom stereocenters. The lowest BCUT2D eigenvalue weighted by molar-refractivity contribution is -0.151. The Kier molecular flexibility index (Phi) is 2.79. The number of carbonyl (C=O) groups is 1. The highest BCUT2D eigenvalue weighted by atomic mass is 16.5. The van der Waals surface area contributed by atoms with Gasteiger partial charge in [0.15, 0.2) is 0 Å². The fourth-order valence-electron chi connectivity index (χ4n) is 5.23. The van der Waals surface area contributed by atoms with Crippen LogP contribution in [-0.4, -0.2) is 34.6 Å². The molecule has 3 aliphatic heterocycles. The van der Waals surface area contributed by atoms with Crippen LogP contribution in [0.1, 0.15) is 58.3 Å². The van der Waals surface area contributed by atoms with Crippen molar-refractivity contribution in [2.75, 3.05) is 6.54 Å². The van der Waals surface area contributed by atoms with E-state index < -0.39 is 0 Å². The monoisotopic (exact) mass is 275 g/mol. The van der Waals surface area contributed by atoms with Crippen LogP contribution in [-0.2, 0) is 9.53 Å². The molecule has 4 rings (SSSR count). The molecule has 110 valence electrons. The molecule has 2 spiro atoms. The Morgan fingerprint density at radius 3 is 2.65 bits per heavy atom. The van der Waals surface area contributed by atoms with E-state index in [4.69, 9.17) is 4.74 Å². The van der Waals surface area contributed by atoms with Crippen molar-refractivity contribution in [3.63, 3.8) is 0 Å². The van der Waals surface area contributed by atoms with Crippen molar-refractivity contribution in [2.45, 2.75) is 75.5 Å². The summed E-state index contributed by atoms with van der Waals surface area (Å²) >= 11 is 0. The van der Waals surface area contributed by atoms with Gasteiger partial charge in [0.05, 0.1) is 12.6 Å². The first kappa shape index (κ1) is 12.9. The van der Waals surface area contributed by atoms with E-state index in [0.29, 0.717) is 12.0 Å². The van der Waals surface area contributed by atoms with Crippen LogP contribution in [0.5, 0.6) is 0 Å². The first-order valence-electron chi connectivity index (χ1n) is 8.29. The molecule has 2 bridgehead atoms. The summed E-state index contributed by atoms with van der Waals surface area (Å²) in [7, 11) is 0. The van der Waals surface area contributed by atoms with Gasteiger partial charge in [-0.2, -0.15) is 0 Å². The highest BCUT2D eigenvalue weighted by molar-refractivity contribution is 5.74. The van der Waals surface area contributed by atoms with Crippen molar-refractivity contribution in [3.05, 3.63) is 12.2 Å². The van der Waals surface area contributed by atoms with Crippen LogP contribution in [0.4, 0.5) is 0 Å². The normalized spacial score (nSPS) is 41.8. The number of piperidine rings is 1. The molecule has 3 heteroatoms. The van der Waals surface area contributed by atoms with Crippen LogP contribution >= 0.6 is 0 Å². The van der Waals surface area contributed by atoms with Crippen molar-refractivity contribution in [1.82, 2.24) is 4.90 Å². The minimum absolute atomic E-state index is 0.139. The van der Waals surface area contributed by atoms with Gasteiger partial charge in [-0.15, -0.1) is 0 Å². The third-order valence-corrected chi connectivity index (χ3v) is 6.19. The van der Waals surface area contributed by atoms with Gasteiger partial charge in [0.2, 0.25) is 5.91 Å². The maximum Gasteiger partial charge on any atom is 0.220 e. The number of carbonyl (C=O) groups excluding carboxylic acids is 1. The molecular formula is C17H25NO2. The molecule has 0 aromatic carbocycles. The Hall–Kier alpha value is -0.830. The van der Waals surface area contributed by atoms with E-state index in [2.05, 4.69) is 17.1 Å². The molecule has 0 radical (unpaired) electrons. The molecule has 0 aromatic heterocycles. The van der Waals surface area contributed by atoms with Crippen LogP contribution < -0.4 is 0 Å². The van der Waals surface area contributed by atoms with Gasteiger partial charge >= 0.3 is 0 Å². The van der Waals surface area contributed by atoms with Crippen LogP contribution in [0.2, 0.25) is 0 Å². The summed E-state index contributed by atoms with van der Waals surface area (Å²) < 4.78 is 6.20. The summed E-state index contributed by atoms with van der Waals surface area (Å²) in [5, 5.41) is 0. The number of hydrogen-bond donors (Lipinski definition) is 0. The van der Waals surface area contributed by atoms with Crippen molar-refractivity contribution in [3.8, 4) is 0 Å². The Morgan fingerprint density at radius 2 is 2.00 bits per heavy atom. The summed E-state index contributed by atoms with van der Waals surface area (Å²) in [5.41, 5.74) is -0.00613. The predicted octanol–water partition coefficient (Wildman–Crippen LogP) is 3.05. The largest absolute Gasteiger partial charge is 0.361 e. The van der Waals surface area contributed by atoms with Crippen LogP contribution in [0.25, 0.3) is 0 Å². The zero-order valence-corrected chi connectivity index (χ0v) is 12.4. The second-order valence-electron chi connectivity index (χ2n) is 7.35. The zero-order valence-electron chi connectivity index (χ0n) is 12.4. The van der Waals surface area contributed by atoms with E-state index in [0.717, 1.165) is 13.0 Å². The van der Waals surface area contributed by atoms with E-state index in [1.54, 1.807) is 6.92 Å². The maximum absolute atomic E-state index is 12.3. The van der Waals surface area contributed by atoms with Gasteiger partial charge in [0.25, 0.3) is 0 Å². The number of fused-ring (bicyclic) bond motifs is 1. The van der Waals surface area contributed by atoms with Gasteiger partial charge in [-0.1, -0.05) is 37.8 Å². The lowest BCUT2D eigenvalue weighted by atomic mass is 9.67. The van der Waals surface area contributed by atoms with Gasteiger partial charge < -0.3 is 9.64 Å². The Morgan fingerprint density at radius 1 is 1.25 bits per heavy atom. The summed E-state index contributed by atoms with van der Waals surface area (Å²) in [6.45, 7) is 2.54. The number of hydrogen-bond acceptors (Lipinski definition) is 2. The predicted molar refractivity (Wildman–Crippen MR) is 77.3 cm³/mol. The average molecular weight is 275 g/mol. The molecule has 3 nitrogen and oxygen atoms in total. The first-order chi connectivity index (χ1) is 9.64. The van der Waals surface area contributed by atoms with Gasteiger partial charge in [-0.05, 0) is 31.6 Å². The zero-order chi connectivity index (χ0) is 13.8. The van der Waals surface area contributed by atoms with E-state index in [9.17, 15) is 4.79 Å². The summed E-state index contributed by atoms with van der Waals surface area (Å²) in [6, 6.07) is 0. The number of rotatable bonds is 0. The first-order valence-corrected chi connectivity index (χ1v) is 8.29. The Labute approximate surface area is 121 Å². The fourth-order valence-corrected chi connectivity index (χ4v) is 5.23. The number of likely N-dealkylation sites (tertiary alicyclic amines) is 1. The minimum atomic E-state index is -0.145. The molecule has 4 aliphatic rings. The quantitative estimate of drug-likeness (QED) is 0.636. The van der Waals surface area contributed by atoms with Crippen molar-refractivity contribution in [2.24, 2.45) is 5.92 Å². The third-order valence-electron chi connectivity index (χ3n) is 6.19. The molecule has 3 fully saturated rings. The molecule has 1 saturated carbocycles. The Bertz CT molecular complexity index is 450. The van der Waals surface area contributed by atoms with Gasteiger partial charge in [-0.25, -0.2) is 0 Å². The van der Waals surface area contributed by atoms with Gasteiger partial charge in [0.1, 0.15) is 5.60 Å². The number of ether oxygens (including phenoxy) is 1. The standard InChI is InChI=1S/C17H25NO2/c1-13(19)18-12-17-9-6-15(20-17)10-14(17)11-16(18)7-4-2-3-5-8-16/h6,9,14-15H,2-5,7-8,10-12H2,1H3/t14-,15-,17-/m1/s1. The van der Waals surface area contributed by atoms with Crippen LogP contribution in [0.15, 0.2) is 12.2 Å². The summed E-state index contributed by atoms with van der Waals surface area (Å²) in [6.07, 6.45) is 14.7. The second-order valence-corrected chi connectivity index (χ2v) is 7.35. The van der Waals surface area contributed by atoms with Crippen molar-refractivity contribution >= 4 is 5.91 Å². The molecule has 0 N–H and O–H groups in total. The lowest BCUT2D eigenvalue weighted by Crippen LogP contribution is -2.63. The molecule has 3 heterocycles. The molecule has 2 saturated heterocycles. The summed E-state index contributed by atoms with van der Waals surface area (Å²) in [4.78, 5) is 14.5. The highest BCUT2D eigenvalue weighted by Gasteiger charge is 2.59. The third kappa shape index (κ3) is 1.71. The highest BCUT2D eigenvalue weighted by Crippen LogP contribution is 2.54. The molecular weight excluding hydrogens is 250 g/mol. The lowest BCUT2D eigenvalue weighted by Gasteiger charge is -2.54. The van der Waals surface area contributed by atoms with Crippen LogP contribution in [0.3, 0.4) is 0 Å². The molecule has 20 heavy (non-hydrogen) atoms. The van der Waals surface area contributed by atoms with Crippen molar-refractivity contribution in [1.29, 1.82) is 0 Å². The van der Waals surface area contributed by atoms with E-state index in [-0.39, 0.29) is 17.0 Å². The minimum Gasteiger partial charge on any atom is -0.361 e. The van der Waals surface area contributed by atoms with Crippen molar-refractivity contribution < 1.29 is 9.53 Å². The molecule has 1 aliphatic carbocycles. The van der Waals surface area contributed by atoms with E-state index in [1.165, 1.54) is 44.9 Å². The SMILES string of the molecule is CC(=O)N1C[C@]23C=C[C@H](C[C@@H]2CC12CCCCCC2)O3. The molecule has 0 aromatic rings. The van der Waals surface area contributed by atoms with Gasteiger partial charge in [0, 0.05) is 12.5 Å². The van der Waals surface area contributed by atoms with Gasteiger partial charge in [-0.3, -0.25) is 4.79 Å². The summed E-state index contributed by atoms with van der Waals surface area (Å²) in [5.74, 6) is 0.873. The second kappa shape index (κ2) is 4.33. The topological polar surface area (TPSA) is 29.5 Å². The smallest absolute Gasteiger partial charge is 0.220 e. The van der Waals surface area contributed by atoms with E-state index in [1.807, 2.05) is 0 Å². The molecule has 0 unspecified atom stereocenters. The maximum atomic E-state index is 12.3. The average Bonchev–Trinajstić information content (AvgIpc) is 2.88. The number of amides is 1. The fraction of sp³-hybridized carbons (Fsp3) is 0.824. The molecule has 1 amide bonds. The van der Waals surface area contributed by atoms with E-state index >= 15 is 0 Å². The Balaban J connectivity index is 1.68.